The van der Waals surface area contributed by atoms with Crippen LogP contribution in [0.5, 0.6) is 0 Å². The van der Waals surface area contributed by atoms with Crippen molar-refractivity contribution in [1.82, 2.24) is 28.2 Å². The Morgan fingerprint density at radius 2 is 1.90 bits per heavy atom. The molecule has 10 heteroatoms. The van der Waals surface area contributed by atoms with E-state index in [4.69, 9.17) is 0 Å². The molecule has 150 valence electrons. The van der Waals surface area contributed by atoms with Gasteiger partial charge in [-0.15, -0.1) is 0 Å². The van der Waals surface area contributed by atoms with Gasteiger partial charge in [-0.3, -0.25) is 19.5 Å². The Bertz CT molecular complexity index is 1360. The molecule has 3 heterocycles. The van der Waals surface area contributed by atoms with E-state index < -0.39 is 23.7 Å². The van der Waals surface area contributed by atoms with Crippen molar-refractivity contribution >= 4 is 34.1 Å². The van der Waals surface area contributed by atoms with Gasteiger partial charge < -0.3 is 9.13 Å². The Balaban J connectivity index is 1.71. The molecule has 4 rings (SSSR count). The molecule has 1 aromatic carbocycles. The van der Waals surface area contributed by atoms with Crippen LogP contribution in [0.25, 0.3) is 22.2 Å². The lowest BCUT2D eigenvalue weighted by molar-refractivity contribution is -0.116. The molecule has 10 nitrogen and oxygen atoms in total. The summed E-state index contributed by atoms with van der Waals surface area (Å²) < 4.78 is 5.62. The number of anilines is 1. The monoisotopic (exact) mass is 395 g/mol. The van der Waals surface area contributed by atoms with Crippen molar-refractivity contribution in [2.45, 2.75) is 26.4 Å². The van der Waals surface area contributed by atoms with E-state index in [2.05, 4.69) is 15.3 Å². The van der Waals surface area contributed by atoms with Crippen molar-refractivity contribution in [2.24, 2.45) is 14.1 Å². The molecule has 0 saturated carbocycles. The fourth-order valence-corrected chi connectivity index (χ4v) is 3.46. The lowest BCUT2D eigenvalue weighted by Crippen LogP contribution is -2.42. The van der Waals surface area contributed by atoms with Gasteiger partial charge in [-0.05, 0) is 18.6 Å². The third-order valence-electron chi connectivity index (χ3n) is 4.86. The number of aryl methyl sites for hydroxylation is 3. The van der Waals surface area contributed by atoms with Gasteiger partial charge in [0.25, 0.3) is 5.56 Å². The van der Waals surface area contributed by atoms with Crippen molar-refractivity contribution in [3.8, 4) is 0 Å². The van der Waals surface area contributed by atoms with Crippen LogP contribution in [-0.4, -0.2) is 34.1 Å². The van der Waals surface area contributed by atoms with Crippen LogP contribution in [0.4, 0.5) is 5.95 Å². The van der Waals surface area contributed by atoms with Crippen molar-refractivity contribution in [1.29, 1.82) is 0 Å². The second-order valence-corrected chi connectivity index (χ2v) is 6.88. The molecular weight excluding hydrogens is 374 g/mol. The van der Waals surface area contributed by atoms with E-state index in [1.54, 1.807) is 7.05 Å². The number of nitrogens with one attached hydrogen (secondary N) is 1. The van der Waals surface area contributed by atoms with Gasteiger partial charge in [-0.1, -0.05) is 19.1 Å². The van der Waals surface area contributed by atoms with Gasteiger partial charge in [0, 0.05) is 20.6 Å². The van der Waals surface area contributed by atoms with Gasteiger partial charge >= 0.3 is 5.69 Å². The zero-order chi connectivity index (χ0) is 20.7. The molecule has 0 spiro atoms. The standard InChI is InChI=1S/C19H21N7O3/c1-4-9-25-13-8-6-5-7-12(13)21-18(25)22-14(27)10-26-17(28)15-16(20-11-23(15)2)24(3)19(26)29/h5-8,11H,4,9-10H2,1-3H3,(H,21,22,27). The number of amides is 1. The number of aromatic nitrogens is 6. The maximum absolute atomic E-state index is 12.8. The molecule has 0 bridgehead atoms. The van der Waals surface area contributed by atoms with Crippen molar-refractivity contribution in [2.75, 3.05) is 5.32 Å². The number of carbonyl (C=O) groups excluding carboxylic acids is 1. The molecular formula is C19H21N7O3. The summed E-state index contributed by atoms with van der Waals surface area (Å²) in [5, 5.41) is 2.75. The smallest absolute Gasteiger partial charge is 0.328 e. The highest BCUT2D eigenvalue weighted by Gasteiger charge is 2.18. The topological polar surface area (TPSA) is 109 Å². The lowest BCUT2D eigenvalue weighted by atomic mass is 10.3. The maximum Gasteiger partial charge on any atom is 0.332 e. The number of nitrogens with zero attached hydrogens (tertiary/aromatic N) is 6. The average molecular weight is 395 g/mol. The summed E-state index contributed by atoms with van der Waals surface area (Å²) in [4.78, 5) is 46.6. The number of hydrogen-bond acceptors (Lipinski definition) is 5. The van der Waals surface area contributed by atoms with Crippen LogP contribution in [0, 0.1) is 0 Å². The maximum atomic E-state index is 12.8. The number of rotatable bonds is 5. The molecule has 4 aromatic rings. The highest BCUT2D eigenvalue weighted by Crippen LogP contribution is 2.20. The molecule has 0 fully saturated rings. The van der Waals surface area contributed by atoms with Crippen LogP contribution in [-0.2, 0) is 32.0 Å². The minimum Gasteiger partial charge on any atom is -0.328 e. The quantitative estimate of drug-likeness (QED) is 0.538. The Morgan fingerprint density at radius 1 is 1.14 bits per heavy atom. The summed E-state index contributed by atoms with van der Waals surface area (Å²) in [6.45, 7) is 2.30. The minimum absolute atomic E-state index is 0.262. The van der Waals surface area contributed by atoms with Gasteiger partial charge in [-0.25, -0.2) is 19.3 Å². The number of imidazole rings is 2. The largest absolute Gasteiger partial charge is 0.332 e. The van der Waals surface area contributed by atoms with Crippen molar-refractivity contribution < 1.29 is 4.79 Å². The van der Waals surface area contributed by atoms with E-state index in [9.17, 15) is 14.4 Å². The summed E-state index contributed by atoms with van der Waals surface area (Å²) in [7, 11) is 3.19. The van der Waals surface area contributed by atoms with E-state index in [0.29, 0.717) is 12.5 Å². The fourth-order valence-electron chi connectivity index (χ4n) is 3.46. The Kier molecular flexibility index (Phi) is 4.53. The summed E-state index contributed by atoms with van der Waals surface area (Å²) in [6, 6.07) is 7.59. The van der Waals surface area contributed by atoms with Crippen molar-refractivity contribution in [3.05, 3.63) is 51.4 Å². The summed E-state index contributed by atoms with van der Waals surface area (Å²) >= 11 is 0. The van der Waals surface area contributed by atoms with Crippen LogP contribution in [0.3, 0.4) is 0 Å². The molecule has 0 atom stereocenters. The lowest BCUT2D eigenvalue weighted by Gasteiger charge is -2.11. The number of carbonyl (C=O) groups is 1. The second kappa shape index (κ2) is 7.04. The molecule has 3 aromatic heterocycles. The van der Waals surface area contributed by atoms with Crippen LogP contribution >= 0.6 is 0 Å². The molecule has 1 amide bonds. The zero-order valence-electron chi connectivity index (χ0n) is 16.4. The van der Waals surface area contributed by atoms with Gasteiger partial charge in [-0.2, -0.15) is 0 Å². The molecule has 29 heavy (non-hydrogen) atoms. The molecule has 0 saturated heterocycles. The van der Waals surface area contributed by atoms with E-state index in [1.165, 1.54) is 22.5 Å². The molecule has 1 N–H and O–H groups in total. The summed E-state index contributed by atoms with van der Waals surface area (Å²) in [5.74, 6) is -0.108. The SMILES string of the molecule is CCCn1c(NC(=O)Cn2c(=O)c3c(ncn3C)n(C)c2=O)nc2ccccc21. The third kappa shape index (κ3) is 3.02. The molecule has 0 aliphatic heterocycles. The first kappa shape index (κ1) is 18.7. The van der Waals surface area contributed by atoms with Crippen molar-refractivity contribution in [3.63, 3.8) is 0 Å². The predicted octanol–water partition coefficient (Wildman–Crippen LogP) is 0.832. The molecule has 0 aliphatic rings. The predicted molar refractivity (Wildman–Crippen MR) is 109 cm³/mol. The van der Waals surface area contributed by atoms with Crippen LogP contribution in [0.2, 0.25) is 0 Å². The van der Waals surface area contributed by atoms with Gasteiger partial charge in [0.15, 0.2) is 11.2 Å². The number of fused-ring (bicyclic) bond motifs is 2. The number of para-hydroxylation sites is 2. The number of benzene rings is 1. The average Bonchev–Trinajstić information content (AvgIpc) is 3.25. The molecule has 0 aliphatic carbocycles. The fraction of sp³-hybridized carbons (Fsp3) is 0.316. The minimum atomic E-state index is -0.599. The summed E-state index contributed by atoms with van der Waals surface area (Å²) in [6.07, 6.45) is 2.32. The molecule has 0 radical (unpaired) electrons. The first-order chi connectivity index (χ1) is 13.9. The van der Waals surface area contributed by atoms with Crippen LogP contribution in [0.1, 0.15) is 13.3 Å². The highest BCUT2D eigenvalue weighted by atomic mass is 16.2. The van der Waals surface area contributed by atoms with Gasteiger partial charge in [0.05, 0.1) is 17.4 Å². The zero-order valence-corrected chi connectivity index (χ0v) is 16.4. The first-order valence-corrected chi connectivity index (χ1v) is 9.28. The first-order valence-electron chi connectivity index (χ1n) is 9.28. The molecule has 0 unspecified atom stereocenters. The third-order valence-corrected chi connectivity index (χ3v) is 4.86. The summed E-state index contributed by atoms with van der Waals surface area (Å²) in [5.41, 5.74) is 1.07. The highest BCUT2D eigenvalue weighted by molar-refractivity contribution is 5.91. The normalized spacial score (nSPS) is 11.4. The van der Waals surface area contributed by atoms with E-state index in [1.807, 2.05) is 35.8 Å². The van der Waals surface area contributed by atoms with Crippen LogP contribution in [0.15, 0.2) is 40.2 Å². The number of hydrogen-bond donors (Lipinski definition) is 1. The Hall–Kier alpha value is -3.69. The van der Waals surface area contributed by atoms with Gasteiger partial charge in [0.2, 0.25) is 11.9 Å². The Morgan fingerprint density at radius 3 is 2.66 bits per heavy atom. The Labute approximate surface area is 165 Å². The van der Waals surface area contributed by atoms with Gasteiger partial charge in [0.1, 0.15) is 6.54 Å². The van der Waals surface area contributed by atoms with E-state index >= 15 is 0 Å². The van der Waals surface area contributed by atoms with E-state index in [-0.39, 0.29) is 11.2 Å². The second-order valence-electron chi connectivity index (χ2n) is 6.88. The van der Waals surface area contributed by atoms with E-state index in [0.717, 1.165) is 22.0 Å². The van der Waals surface area contributed by atoms with Crippen LogP contribution < -0.4 is 16.6 Å².